The molecule has 1 N–H and O–H groups in total. The van der Waals surface area contributed by atoms with Gasteiger partial charge in [0.1, 0.15) is 0 Å². The Morgan fingerprint density at radius 3 is 2.39 bits per heavy atom. The van der Waals surface area contributed by atoms with Gasteiger partial charge in [0.2, 0.25) is 11.8 Å². The standard InChI is InChI=1S/C20H21F3N2O2S/c1-13-7-9-16(10-8-13)24-18(26)12-25(3)19(27)14(2)28-17-6-4-5-15(11-17)20(21,22)23/h4-11,14H,12H2,1-3H3,(H,24,26)/t14-/m1/s1. The summed E-state index contributed by atoms with van der Waals surface area (Å²) >= 11 is 1.02. The van der Waals surface area contributed by atoms with Crippen LogP contribution in [0, 0.1) is 6.92 Å². The van der Waals surface area contributed by atoms with E-state index in [2.05, 4.69) is 5.32 Å². The minimum atomic E-state index is -4.44. The summed E-state index contributed by atoms with van der Waals surface area (Å²) < 4.78 is 38.4. The van der Waals surface area contributed by atoms with Crippen molar-refractivity contribution in [3.8, 4) is 0 Å². The van der Waals surface area contributed by atoms with E-state index in [9.17, 15) is 22.8 Å². The molecule has 2 aromatic carbocycles. The number of thioether (sulfide) groups is 1. The van der Waals surface area contributed by atoms with Crippen LogP contribution >= 0.6 is 11.8 Å². The van der Waals surface area contributed by atoms with Gasteiger partial charge in [-0.3, -0.25) is 9.59 Å². The molecule has 0 radical (unpaired) electrons. The van der Waals surface area contributed by atoms with Gasteiger partial charge in [0.25, 0.3) is 0 Å². The fourth-order valence-electron chi connectivity index (χ4n) is 2.44. The summed E-state index contributed by atoms with van der Waals surface area (Å²) in [6, 6.07) is 12.1. The predicted octanol–water partition coefficient (Wildman–Crippen LogP) is 4.59. The Hall–Kier alpha value is -2.48. The van der Waals surface area contributed by atoms with Crippen LogP contribution in [0.4, 0.5) is 18.9 Å². The molecule has 0 aliphatic heterocycles. The molecule has 0 spiro atoms. The Bertz CT molecular complexity index is 838. The molecule has 1 atom stereocenters. The Kier molecular flexibility index (Phi) is 7.12. The number of rotatable bonds is 6. The zero-order chi connectivity index (χ0) is 20.9. The number of nitrogens with one attached hydrogen (secondary N) is 1. The Morgan fingerprint density at radius 2 is 1.79 bits per heavy atom. The number of hydrogen-bond donors (Lipinski definition) is 1. The lowest BCUT2D eigenvalue weighted by molar-refractivity contribution is -0.137. The van der Waals surface area contributed by atoms with Crippen LogP contribution in [0.3, 0.4) is 0 Å². The molecule has 2 amide bonds. The van der Waals surface area contributed by atoms with Crippen molar-refractivity contribution in [2.45, 2.75) is 30.2 Å². The maximum absolute atomic E-state index is 12.8. The average Bonchev–Trinajstić information content (AvgIpc) is 2.62. The fraction of sp³-hybridized carbons (Fsp3) is 0.300. The van der Waals surface area contributed by atoms with Crippen LogP contribution in [0.1, 0.15) is 18.1 Å². The van der Waals surface area contributed by atoms with Crippen LogP contribution in [0.5, 0.6) is 0 Å². The molecule has 2 rings (SSSR count). The zero-order valence-electron chi connectivity index (χ0n) is 15.7. The molecule has 150 valence electrons. The number of alkyl halides is 3. The number of likely N-dealkylation sites (N-methyl/N-ethyl adjacent to an activating group) is 1. The van der Waals surface area contributed by atoms with E-state index in [1.807, 2.05) is 19.1 Å². The van der Waals surface area contributed by atoms with E-state index in [4.69, 9.17) is 0 Å². The Balaban J connectivity index is 1.93. The molecule has 0 bridgehead atoms. The molecule has 0 aliphatic carbocycles. The first-order chi connectivity index (χ1) is 13.1. The van der Waals surface area contributed by atoms with E-state index in [-0.39, 0.29) is 18.4 Å². The van der Waals surface area contributed by atoms with Crippen molar-refractivity contribution >= 4 is 29.3 Å². The van der Waals surface area contributed by atoms with Crippen LogP contribution in [-0.2, 0) is 15.8 Å². The zero-order valence-corrected chi connectivity index (χ0v) is 16.5. The lowest BCUT2D eigenvalue weighted by Crippen LogP contribution is -2.38. The number of anilines is 1. The molecular weight excluding hydrogens is 389 g/mol. The van der Waals surface area contributed by atoms with Crippen LogP contribution in [0.2, 0.25) is 0 Å². The molecular formula is C20H21F3N2O2S. The number of aryl methyl sites for hydroxylation is 1. The third-order valence-corrected chi connectivity index (χ3v) is 5.00. The highest BCUT2D eigenvalue weighted by Crippen LogP contribution is 2.33. The largest absolute Gasteiger partial charge is 0.416 e. The van der Waals surface area contributed by atoms with Crippen molar-refractivity contribution in [3.63, 3.8) is 0 Å². The summed E-state index contributed by atoms with van der Waals surface area (Å²) in [7, 11) is 1.49. The molecule has 4 nitrogen and oxygen atoms in total. The molecule has 0 saturated carbocycles. The molecule has 0 aliphatic rings. The minimum Gasteiger partial charge on any atom is -0.335 e. The number of nitrogens with zero attached hydrogens (tertiary/aromatic N) is 1. The Morgan fingerprint density at radius 1 is 1.14 bits per heavy atom. The predicted molar refractivity (Wildman–Crippen MR) is 104 cm³/mol. The average molecular weight is 410 g/mol. The molecule has 0 heterocycles. The van der Waals surface area contributed by atoms with E-state index in [0.717, 1.165) is 29.5 Å². The van der Waals surface area contributed by atoms with Crippen molar-refractivity contribution in [3.05, 3.63) is 59.7 Å². The van der Waals surface area contributed by atoms with Gasteiger partial charge in [0.15, 0.2) is 0 Å². The lowest BCUT2D eigenvalue weighted by atomic mass is 10.2. The van der Waals surface area contributed by atoms with Gasteiger partial charge in [-0.2, -0.15) is 13.2 Å². The smallest absolute Gasteiger partial charge is 0.335 e. The van der Waals surface area contributed by atoms with Crippen molar-refractivity contribution in [1.29, 1.82) is 0 Å². The van der Waals surface area contributed by atoms with Crippen LogP contribution in [-0.4, -0.2) is 35.6 Å². The van der Waals surface area contributed by atoms with E-state index in [1.54, 1.807) is 19.1 Å². The van der Waals surface area contributed by atoms with Crippen LogP contribution in [0.15, 0.2) is 53.4 Å². The molecule has 0 unspecified atom stereocenters. The molecule has 0 fully saturated rings. The van der Waals surface area contributed by atoms with Crippen LogP contribution < -0.4 is 5.32 Å². The van der Waals surface area contributed by atoms with E-state index < -0.39 is 17.0 Å². The lowest BCUT2D eigenvalue weighted by Gasteiger charge is -2.21. The number of carbonyl (C=O) groups is 2. The van der Waals surface area contributed by atoms with Crippen molar-refractivity contribution in [2.24, 2.45) is 0 Å². The molecule has 28 heavy (non-hydrogen) atoms. The highest BCUT2D eigenvalue weighted by atomic mass is 32.2. The second-order valence-corrected chi connectivity index (χ2v) is 7.81. The number of halogens is 3. The number of amides is 2. The summed E-state index contributed by atoms with van der Waals surface area (Å²) in [5.74, 6) is -0.697. The summed E-state index contributed by atoms with van der Waals surface area (Å²) in [5, 5.41) is 2.06. The minimum absolute atomic E-state index is 0.153. The molecule has 0 aromatic heterocycles. The summed E-state index contributed by atoms with van der Waals surface area (Å²) in [4.78, 5) is 26.2. The first-order valence-electron chi connectivity index (χ1n) is 8.51. The van der Waals surface area contributed by atoms with Crippen molar-refractivity contribution in [1.82, 2.24) is 4.90 Å². The van der Waals surface area contributed by atoms with Gasteiger partial charge >= 0.3 is 6.18 Å². The molecule has 2 aromatic rings. The molecule has 0 saturated heterocycles. The number of benzene rings is 2. The van der Waals surface area contributed by atoms with Gasteiger partial charge < -0.3 is 10.2 Å². The third kappa shape index (κ3) is 6.30. The van der Waals surface area contributed by atoms with E-state index >= 15 is 0 Å². The van der Waals surface area contributed by atoms with Crippen LogP contribution in [0.25, 0.3) is 0 Å². The van der Waals surface area contributed by atoms with E-state index in [0.29, 0.717) is 10.6 Å². The van der Waals surface area contributed by atoms with Gasteiger partial charge in [-0.25, -0.2) is 0 Å². The maximum atomic E-state index is 12.8. The first kappa shape index (κ1) is 21.8. The highest BCUT2D eigenvalue weighted by molar-refractivity contribution is 8.00. The van der Waals surface area contributed by atoms with Crippen molar-refractivity contribution < 1.29 is 22.8 Å². The molecule has 8 heteroatoms. The SMILES string of the molecule is Cc1ccc(NC(=O)CN(C)C(=O)[C@@H](C)Sc2cccc(C(F)(F)F)c2)cc1. The monoisotopic (exact) mass is 410 g/mol. The third-order valence-electron chi connectivity index (χ3n) is 3.91. The topological polar surface area (TPSA) is 49.4 Å². The fourth-order valence-corrected chi connectivity index (χ4v) is 3.48. The second kappa shape index (κ2) is 9.14. The van der Waals surface area contributed by atoms with Gasteiger partial charge in [0.05, 0.1) is 17.4 Å². The summed E-state index contributed by atoms with van der Waals surface area (Å²) in [6.45, 7) is 3.38. The summed E-state index contributed by atoms with van der Waals surface area (Å²) in [5.41, 5.74) is 0.927. The maximum Gasteiger partial charge on any atom is 0.416 e. The van der Waals surface area contributed by atoms with Gasteiger partial charge in [-0.15, -0.1) is 11.8 Å². The van der Waals surface area contributed by atoms with Gasteiger partial charge in [-0.1, -0.05) is 23.8 Å². The normalized spacial score (nSPS) is 12.4. The van der Waals surface area contributed by atoms with Crippen molar-refractivity contribution in [2.75, 3.05) is 18.9 Å². The Labute approximate surface area is 166 Å². The quantitative estimate of drug-likeness (QED) is 0.709. The summed E-state index contributed by atoms with van der Waals surface area (Å²) in [6.07, 6.45) is -4.44. The number of carbonyl (C=O) groups excluding carboxylic acids is 2. The van der Waals surface area contributed by atoms with E-state index in [1.165, 1.54) is 24.1 Å². The second-order valence-electron chi connectivity index (χ2n) is 6.39. The highest BCUT2D eigenvalue weighted by Gasteiger charge is 2.31. The van der Waals surface area contributed by atoms with Gasteiger partial charge in [0, 0.05) is 17.6 Å². The number of hydrogen-bond acceptors (Lipinski definition) is 3. The van der Waals surface area contributed by atoms with Gasteiger partial charge in [-0.05, 0) is 44.2 Å². The first-order valence-corrected chi connectivity index (χ1v) is 9.39.